The number of ether oxygens (including phenoxy) is 1. The molecule has 0 saturated carbocycles. The van der Waals surface area contributed by atoms with Crippen LogP contribution in [0.25, 0.3) is 10.9 Å². The van der Waals surface area contributed by atoms with Crippen LogP contribution in [0.4, 0.5) is 5.69 Å². The molecule has 1 aromatic heterocycles. The molecule has 3 aromatic carbocycles. The van der Waals surface area contributed by atoms with Crippen molar-refractivity contribution in [2.45, 2.75) is 24.5 Å². The summed E-state index contributed by atoms with van der Waals surface area (Å²) in [6.07, 6.45) is 2.45. The van der Waals surface area contributed by atoms with Crippen LogP contribution in [0, 0.1) is 11.8 Å². The van der Waals surface area contributed by atoms with E-state index in [1.54, 1.807) is 7.11 Å². The highest BCUT2D eigenvalue weighted by atomic mass is 16.5. The fourth-order valence-corrected chi connectivity index (χ4v) is 6.60. The first-order chi connectivity index (χ1) is 18.5. The summed E-state index contributed by atoms with van der Waals surface area (Å²) in [7, 11) is 1.59. The fraction of sp³-hybridized carbons (Fsp3) is 0.233. The number of amides is 3. The maximum Gasteiger partial charge on any atom is 0.250 e. The van der Waals surface area contributed by atoms with E-state index >= 15 is 0 Å². The standard InChI is InChI=1S/C30H26N4O4/c1-38-19-12-10-17(11-13-19)16-34-27(35)25-24(14-18-15-31-22-8-4-2-6-20(18)22)33-30(26(25)28(34)36)21-7-3-5-9-23(21)32-29(30)37/h2-13,15,24-26,31,33H,14,16H2,1H3,(H,32,37)/t24-,25-,26+,30-/m1/s1. The summed E-state index contributed by atoms with van der Waals surface area (Å²) in [5, 5.41) is 7.55. The van der Waals surface area contributed by atoms with Crippen molar-refractivity contribution in [3.8, 4) is 5.75 Å². The van der Waals surface area contributed by atoms with E-state index in [0.717, 1.165) is 22.0 Å². The number of para-hydroxylation sites is 2. The Morgan fingerprint density at radius 3 is 2.50 bits per heavy atom. The van der Waals surface area contributed by atoms with E-state index in [-0.39, 0.29) is 24.3 Å². The van der Waals surface area contributed by atoms with E-state index in [1.807, 2.05) is 79.0 Å². The van der Waals surface area contributed by atoms with E-state index in [9.17, 15) is 14.4 Å². The summed E-state index contributed by atoms with van der Waals surface area (Å²) in [4.78, 5) is 46.3. The maximum atomic E-state index is 14.1. The third-order valence-electron chi connectivity index (χ3n) is 8.33. The monoisotopic (exact) mass is 506 g/mol. The molecule has 2 saturated heterocycles. The van der Waals surface area contributed by atoms with E-state index < -0.39 is 23.4 Å². The van der Waals surface area contributed by atoms with Gasteiger partial charge in [-0.1, -0.05) is 48.5 Å². The number of hydrogen-bond acceptors (Lipinski definition) is 5. The van der Waals surface area contributed by atoms with E-state index in [2.05, 4.69) is 15.6 Å². The molecule has 0 radical (unpaired) electrons. The highest BCUT2D eigenvalue weighted by molar-refractivity contribution is 6.15. The number of carbonyl (C=O) groups excluding carboxylic acids is 3. The number of anilines is 1. The van der Waals surface area contributed by atoms with Gasteiger partial charge in [-0.2, -0.15) is 0 Å². The lowest BCUT2D eigenvalue weighted by Crippen LogP contribution is -2.53. The van der Waals surface area contributed by atoms with Crippen LogP contribution in [0.3, 0.4) is 0 Å². The van der Waals surface area contributed by atoms with Crippen molar-refractivity contribution >= 4 is 34.3 Å². The molecule has 3 N–H and O–H groups in total. The molecule has 190 valence electrons. The molecule has 3 aliphatic heterocycles. The smallest absolute Gasteiger partial charge is 0.250 e. The zero-order valence-corrected chi connectivity index (χ0v) is 20.7. The van der Waals surface area contributed by atoms with Crippen molar-refractivity contribution in [3.63, 3.8) is 0 Å². The summed E-state index contributed by atoms with van der Waals surface area (Å²) in [6.45, 7) is 0.147. The third kappa shape index (κ3) is 3.10. The molecular weight excluding hydrogens is 480 g/mol. The van der Waals surface area contributed by atoms with Gasteiger partial charge in [0.1, 0.15) is 11.3 Å². The predicted molar refractivity (Wildman–Crippen MR) is 141 cm³/mol. The molecule has 8 nitrogen and oxygen atoms in total. The maximum absolute atomic E-state index is 14.1. The highest BCUT2D eigenvalue weighted by Crippen LogP contribution is 2.53. The first kappa shape index (κ1) is 22.7. The van der Waals surface area contributed by atoms with Gasteiger partial charge in [0.25, 0.3) is 0 Å². The molecule has 4 aromatic rings. The van der Waals surface area contributed by atoms with Gasteiger partial charge in [0.2, 0.25) is 17.7 Å². The van der Waals surface area contributed by atoms with Crippen LogP contribution in [-0.2, 0) is 32.9 Å². The van der Waals surface area contributed by atoms with Crippen LogP contribution in [0.5, 0.6) is 5.75 Å². The Labute approximate surface area is 219 Å². The van der Waals surface area contributed by atoms with Crippen LogP contribution < -0.4 is 15.4 Å². The second-order valence-corrected chi connectivity index (χ2v) is 10.2. The molecule has 0 bridgehead atoms. The molecule has 38 heavy (non-hydrogen) atoms. The Balaban J connectivity index is 1.31. The molecule has 8 heteroatoms. The predicted octanol–water partition coefficient (Wildman–Crippen LogP) is 3.34. The lowest BCUT2D eigenvalue weighted by molar-refractivity contribution is -0.143. The fourth-order valence-electron chi connectivity index (χ4n) is 6.60. The minimum atomic E-state index is -1.31. The number of nitrogens with zero attached hydrogens (tertiary/aromatic N) is 1. The van der Waals surface area contributed by atoms with Gasteiger partial charge < -0.3 is 15.0 Å². The molecule has 1 spiro atoms. The number of imide groups is 1. The molecule has 3 aliphatic rings. The quantitative estimate of drug-likeness (QED) is 0.360. The summed E-state index contributed by atoms with van der Waals surface area (Å²) >= 11 is 0. The average molecular weight is 507 g/mol. The minimum Gasteiger partial charge on any atom is -0.497 e. The topological polar surface area (TPSA) is 104 Å². The van der Waals surface area contributed by atoms with Crippen molar-refractivity contribution in [2.24, 2.45) is 11.8 Å². The molecular formula is C30H26N4O4. The average Bonchev–Trinajstić information content (AvgIpc) is 3.65. The van der Waals surface area contributed by atoms with Crippen LogP contribution in [0.15, 0.2) is 79.0 Å². The van der Waals surface area contributed by atoms with Crippen LogP contribution in [0.1, 0.15) is 16.7 Å². The van der Waals surface area contributed by atoms with Gasteiger partial charge in [0, 0.05) is 34.4 Å². The van der Waals surface area contributed by atoms with Gasteiger partial charge in [-0.25, -0.2) is 0 Å². The SMILES string of the molecule is COc1ccc(CN2C(=O)[C@H]3[C@@H](C2=O)[C@@]2(N[C@@H]3Cc3c[nH]c4ccccc34)C(=O)Nc3ccccc32)cc1. The largest absolute Gasteiger partial charge is 0.497 e. The number of carbonyl (C=O) groups is 3. The number of methoxy groups -OCH3 is 1. The zero-order chi connectivity index (χ0) is 26.0. The van der Waals surface area contributed by atoms with E-state index in [0.29, 0.717) is 23.4 Å². The van der Waals surface area contributed by atoms with Gasteiger partial charge in [-0.15, -0.1) is 0 Å². The number of rotatable bonds is 5. The number of hydrogen-bond donors (Lipinski definition) is 3. The van der Waals surface area contributed by atoms with Crippen molar-refractivity contribution in [2.75, 3.05) is 12.4 Å². The summed E-state index contributed by atoms with van der Waals surface area (Å²) in [5.41, 5.74) is 2.94. The summed E-state index contributed by atoms with van der Waals surface area (Å²) in [6, 6.07) is 22.3. The van der Waals surface area contributed by atoms with Crippen molar-refractivity contribution < 1.29 is 19.1 Å². The first-order valence-corrected chi connectivity index (χ1v) is 12.7. The molecule has 0 aliphatic carbocycles. The molecule has 3 amide bonds. The number of fused-ring (bicyclic) bond motifs is 5. The van der Waals surface area contributed by atoms with Crippen LogP contribution >= 0.6 is 0 Å². The third-order valence-corrected chi connectivity index (χ3v) is 8.33. The van der Waals surface area contributed by atoms with Crippen molar-refractivity contribution in [3.05, 3.63) is 95.7 Å². The summed E-state index contributed by atoms with van der Waals surface area (Å²) < 4.78 is 5.24. The molecule has 2 fully saturated rings. The molecule has 0 unspecified atom stereocenters. The Morgan fingerprint density at radius 2 is 1.68 bits per heavy atom. The molecule has 4 atom stereocenters. The Hall–Kier alpha value is -4.43. The normalized spacial score (nSPS) is 25.8. The number of likely N-dealkylation sites (tertiary alicyclic amines) is 1. The highest BCUT2D eigenvalue weighted by Gasteiger charge is 2.70. The lowest BCUT2D eigenvalue weighted by Gasteiger charge is -2.29. The number of nitrogens with one attached hydrogen (secondary N) is 3. The van der Waals surface area contributed by atoms with E-state index in [4.69, 9.17) is 4.74 Å². The van der Waals surface area contributed by atoms with Crippen LogP contribution in [-0.4, -0.2) is 40.8 Å². The number of aromatic nitrogens is 1. The number of H-pyrrole nitrogens is 1. The number of benzene rings is 3. The van der Waals surface area contributed by atoms with Gasteiger partial charge in [-0.05, 0) is 41.8 Å². The van der Waals surface area contributed by atoms with Crippen LogP contribution in [0.2, 0.25) is 0 Å². The van der Waals surface area contributed by atoms with Gasteiger partial charge in [0.15, 0.2) is 0 Å². The van der Waals surface area contributed by atoms with E-state index in [1.165, 1.54) is 4.90 Å². The Kier molecular flexibility index (Phi) is 4.96. The minimum absolute atomic E-state index is 0.147. The lowest BCUT2D eigenvalue weighted by atomic mass is 9.76. The van der Waals surface area contributed by atoms with Crippen molar-refractivity contribution in [1.82, 2.24) is 15.2 Å². The number of aromatic amines is 1. The Morgan fingerprint density at radius 1 is 0.921 bits per heavy atom. The molecule has 7 rings (SSSR count). The van der Waals surface area contributed by atoms with Crippen molar-refractivity contribution in [1.29, 1.82) is 0 Å². The van der Waals surface area contributed by atoms with Gasteiger partial charge in [0.05, 0.1) is 25.5 Å². The second-order valence-electron chi connectivity index (χ2n) is 10.2. The zero-order valence-electron chi connectivity index (χ0n) is 20.7. The molecule has 4 heterocycles. The first-order valence-electron chi connectivity index (χ1n) is 12.7. The Bertz CT molecular complexity index is 1610. The second kappa shape index (κ2) is 8.29. The van der Waals surface area contributed by atoms with Gasteiger partial charge >= 0.3 is 0 Å². The van der Waals surface area contributed by atoms with Gasteiger partial charge in [-0.3, -0.25) is 24.6 Å². The summed E-state index contributed by atoms with van der Waals surface area (Å²) in [5.74, 6) is -1.68.